The Balaban J connectivity index is 1.59. The largest absolute Gasteiger partial charge is 0.450 e. The van der Waals surface area contributed by atoms with Crippen LogP contribution in [0.2, 0.25) is 0 Å². The maximum atomic E-state index is 12.0. The Morgan fingerprint density at radius 2 is 1.73 bits per heavy atom. The summed E-state index contributed by atoms with van der Waals surface area (Å²) < 4.78 is 5.00. The van der Waals surface area contributed by atoms with E-state index in [0.717, 1.165) is 25.7 Å². The third-order valence-electron chi connectivity index (χ3n) is 4.54. The van der Waals surface area contributed by atoms with Gasteiger partial charge >= 0.3 is 6.09 Å². The summed E-state index contributed by atoms with van der Waals surface area (Å²) in [5.74, 6) is 0.0970. The van der Waals surface area contributed by atoms with Gasteiger partial charge in [0.2, 0.25) is 5.91 Å². The molecule has 0 radical (unpaired) electrons. The molecule has 2 amide bonds. The van der Waals surface area contributed by atoms with Gasteiger partial charge in [0.05, 0.1) is 13.2 Å². The molecule has 0 aromatic rings. The van der Waals surface area contributed by atoms with Gasteiger partial charge in [-0.2, -0.15) is 0 Å². The summed E-state index contributed by atoms with van der Waals surface area (Å²) in [6.45, 7) is 4.00. The van der Waals surface area contributed by atoms with Crippen LogP contribution < -0.4 is 10.6 Å². The van der Waals surface area contributed by atoms with E-state index in [2.05, 4.69) is 10.6 Å². The molecule has 1 aliphatic carbocycles. The van der Waals surface area contributed by atoms with Crippen LogP contribution in [0.3, 0.4) is 0 Å². The van der Waals surface area contributed by atoms with Crippen LogP contribution in [0.5, 0.6) is 0 Å². The number of ether oxygens (including phenoxy) is 1. The van der Waals surface area contributed by atoms with Gasteiger partial charge in [0.25, 0.3) is 0 Å². The Bertz CT molecular complexity index is 362. The molecule has 22 heavy (non-hydrogen) atoms. The Kier molecular flexibility index (Phi) is 6.96. The minimum Gasteiger partial charge on any atom is -0.450 e. The lowest BCUT2D eigenvalue weighted by atomic mass is 9.95. The maximum Gasteiger partial charge on any atom is 0.409 e. The average molecular weight is 311 g/mol. The minimum absolute atomic E-state index is 0.0970. The zero-order valence-electron chi connectivity index (χ0n) is 13.6. The van der Waals surface area contributed by atoms with Crippen molar-refractivity contribution in [2.24, 2.45) is 0 Å². The standard InChI is InChI=1S/C16H29N3O3/c1-2-22-16(21)19-10-8-13(9-11-19)17-12-15(20)18-14-6-4-3-5-7-14/h13-14,17H,2-12H2,1H3,(H,18,20). The van der Waals surface area contributed by atoms with Gasteiger partial charge in [-0.1, -0.05) is 19.3 Å². The molecule has 6 heteroatoms. The van der Waals surface area contributed by atoms with Crippen LogP contribution in [0.15, 0.2) is 0 Å². The Labute approximate surface area is 132 Å². The summed E-state index contributed by atoms with van der Waals surface area (Å²) in [4.78, 5) is 25.3. The second-order valence-electron chi connectivity index (χ2n) is 6.24. The molecule has 0 aromatic carbocycles. The molecule has 2 N–H and O–H groups in total. The van der Waals surface area contributed by atoms with E-state index in [0.29, 0.717) is 38.3 Å². The van der Waals surface area contributed by atoms with Gasteiger partial charge in [-0.15, -0.1) is 0 Å². The molecule has 0 spiro atoms. The van der Waals surface area contributed by atoms with Crippen molar-refractivity contribution in [1.82, 2.24) is 15.5 Å². The first-order chi connectivity index (χ1) is 10.7. The fraction of sp³-hybridized carbons (Fsp3) is 0.875. The van der Waals surface area contributed by atoms with Crippen LogP contribution in [0.25, 0.3) is 0 Å². The quantitative estimate of drug-likeness (QED) is 0.810. The number of carbonyl (C=O) groups is 2. The predicted octanol–water partition coefficient (Wildman–Crippen LogP) is 1.65. The lowest BCUT2D eigenvalue weighted by molar-refractivity contribution is -0.121. The van der Waals surface area contributed by atoms with E-state index < -0.39 is 0 Å². The Morgan fingerprint density at radius 1 is 1.05 bits per heavy atom. The van der Waals surface area contributed by atoms with Crippen molar-refractivity contribution in [2.45, 2.75) is 64.0 Å². The summed E-state index contributed by atoms with van der Waals surface area (Å²) >= 11 is 0. The molecular formula is C16H29N3O3. The van der Waals surface area contributed by atoms with Gasteiger partial charge < -0.3 is 20.3 Å². The molecule has 2 aliphatic rings. The number of nitrogens with zero attached hydrogens (tertiary/aromatic N) is 1. The first-order valence-corrected chi connectivity index (χ1v) is 8.63. The van der Waals surface area contributed by atoms with Gasteiger partial charge in [-0.25, -0.2) is 4.79 Å². The highest BCUT2D eigenvalue weighted by molar-refractivity contribution is 5.78. The third-order valence-corrected chi connectivity index (χ3v) is 4.54. The van der Waals surface area contributed by atoms with E-state index in [1.54, 1.807) is 4.90 Å². The molecule has 1 aliphatic heterocycles. The van der Waals surface area contributed by atoms with Crippen molar-refractivity contribution >= 4 is 12.0 Å². The number of likely N-dealkylation sites (tertiary alicyclic amines) is 1. The number of hydrogen-bond acceptors (Lipinski definition) is 4. The highest BCUT2D eigenvalue weighted by atomic mass is 16.6. The lowest BCUT2D eigenvalue weighted by Crippen LogP contribution is -2.48. The fourth-order valence-corrected chi connectivity index (χ4v) is 3.24. The lowest BCUT2D eigenvalue weighted by Gasteiger charge is -2.31. The summed E-state index contributed by atoms with van der Waals surface area (Å²) in [6.07, 6.45) is 7.49. The van der Waals surface area contributed by atoms with E-state index in [1.807, 2.05) is 6.92 Å². The number of piperidine rings is 1. The van der Waals surface area contributed by atoms with Gasteiger partial charge in [-0.05, 0) is 32.6 Å². The normalized spacial score (nSPS) is 20.7. The fourth-order valence-electron chi connectivity index (χ4n) is 3.24. The van der Waals surface area contributed by atoms with Crippen molar-refractivity contribution in [3.8, 4) is 0 Å². The first kappa shape index (κ1) is 17.1. The van der Waals surface area contributed by atoms with Gasteiger partial charge in [0, 0.05) is 25.2 Å². The number of carbonyl (C=O) groups excluding carboxylic acids is 2. The number of rotatable bonds is 5. The van der Waals surface area contributed by atoms with E-state index >= 15 is 0 Å². The second-order valence-corrected chi connectivity index (χ2v) is 6.24. The predicted molar refractivity (Wildman–Crippen MR) is 84.6 cm³/mol. The van der Waals surface area contributed by atoms with E-state index in [-0.39, 0.29) is 12.0 Å². The van der Waals surface area contributed by atoms with Crippen molar-refractivity contribution in [3.05, 3.63) is 0 Å². The Morgan fingerprint density at radius 3 is 2.36 bits per heavy atom. The second kappa shape index (κ2) is 8.98. The molecule has 1 saturated heterocycles. The SMILES string of the molecule is CCOC(=O)N1CCC(NCC(=O)NC2CCCCC2)CC1. The molecule has 0 atom stereocenters. The molecule has 2 fully saturated rings. The summed E-state index contributed by atoms with van der Waals surface area (Å²) in [5, 5.41) is 6.43. The number of hydrogen-bond donors (Lipinski definition) is 2. The molecule has 126 valence electrons. The molecule has 0 bridgehead atoms. The highest BCUT2D eigenvalue weighted by Gasteiger charge is 2.24. The molecular weight excluding hydrogens is 282 g/mol. The van der Waals surface area contributed by atoms with Gasteiger partial charge in [0.15, 0.2) is 0 Å². The van der Waals surface area contributed by atoms with E-state index in [4.69, 9.17) is 4.74 Å². The third kappa shape index (κ3) is 5.48. The van der Waals surface area contributed by atoms with Gasteiger partial charge in [0.1, 0.15) is 0 Å². The number of nitrogens with one attached hydrogen (secondary N) is 2. The number of amides is 2. The van der Waals surface area contributed by atoms with Crippen LogP contribution in [-0.4, -0.2) is 55.2 Å². The molecule has 0 aromatic heterocycles. The maximum absolute atomic E-state index is 12.0. The molecule has 6 nitrogen and oxygen atoms in total. The van der Waals surface area contributed by atoms with Crippen LogP contribution in [-0.2, 0) is 9.53 Å². The molecule has 1 heterocycles. The highest BCUT2D eigenvalue weighted by Crippen LogP contribution is 2.17. The molecule has 2 rings (SSSR count). The van der Waals surface area contributed by atoms with E-state index in [9.17, 15) is 9.59 Å². The molecule has 1 saturated carbocycles. The van der Waals surface area contributed by atoms with Crippen molar-refractivity contribution in [1.29, 1.82) is 0 Å². The average Bonchev–Trinajstić information content (AvgIpc) is 2.54. The zero-order valence-corrected chi connectivity index (χ0v) is 13.6. The summed E-state index contributed by atoms with van der Waals surface area (Å²) in [6, 6.07) is 0.677. The topological polar surface area (TPSA) is 70.7 Å². The zero-order chi connectivity index (χ0) is 15.8. The Hall–Kier alpha value is -1.30. The van der Waals surface area contributed by atoms with Gasteiger partial charge in [-0.3, -0.25) is 4.79 Å². The van der Waals surface area contributed by atoms with Crippen molar-refractivity contribution in [3.63, 3.8) is 0 Å². The van der Waals surface area contributed by atoms with Crippen LogP contribution in [0, 0.1) is 0 Å². The summed E-state index contributed by atoms with van der Waals surface area (Å²) in [5.41, 5.74) is 0. The minimum atomic E-state index is -0.226. The monoisotopic (exact) mass is 311 g/mol. The smallest absolute Gasteiger partial charge is 0.409 e. The van der Waals surface area contributed by atoms with Crippen molar-refractivity contribution < 1.29 is 14.3 Å². The van der Waals surface area contributed by atoms with Crippen LogP contribution in [0.4, 0.5) is 4.79 Å². The van der Waals surface area contributed by atoms with Crippen molar-refractivity contribution in [2.75, 3.05) is 26.2 Å². The first-order valence-electron chi connectivity index (χ1n) is 8.63. The molecule has 0 unspecified atom stereocenters. The van der Waals surface area contributed by atoms with Crippen LogP contribution >= 0.6 is 0 Å². The van der Waals surface area contributed by atoms with Crippen LogP contribution in [0.1, 0.15) is 51.9 Å². The summed E-state index contributed by atoms with van der Waals surface area (Å²) in [7, 11) is 0. The van der Waals surface area contributed by atoms with E-state index in [1.165, 1.54) is 19.3 Å².